The van der Waals surface area contributed by atoms with Crippen molar-refractivity contribution in [1.82, 2.24) is 4.98 Å². The van der Waals surface area contributed by atoms with Crippen LogP contribution in [0.2, 0.25) is 5.15 Å². The van der Waals surface area contributed by atoms with Crippen LogP contribution < -0.4 is 5.32 Å². The van der Waals surface area contributed by atoms with Crippen LogP contribution >= 0.6 is 22.9 Å². The number of aromatic carboxylic acids is 1. The van der Waals surface area contributed by atoms with Crippen LogP contribution in [0.15, 0.2) is 18.3 Å². The predicted molar refractivity (Wildman–Crippen MR) is 78.0 cm³/mol. The van der Waals surface area contributed by atoms with Gasteiger partial charge in [-0.2, -0.15) is 0 Å². The zero-order chi connectivity index (χ0) is 14.9. The summed E-state index contributed by atoms with van der Waals surface area (Å²) in [5.41, 5.74) is 0.963. The van der Waals surface area contributed by atoms with E-state index in [2.05, 4.69) is 10.3 Å². The maximum absolute atomic E-state index is 12.1. The van der Waals surface area contributed by atoms with Crippen molar-refractivity contribution in [2.75, 3.05) is 5.32 Å². The standard InChI is InChI=1S/C13H11ClN2O3S/c1-6-7(2)20-12(9(6)13(18)19)16-11(17)8-4-3-5-15-10(8)14/h3-5H,1-2H3,(H,16,17)(H,18,19). The summed E-state index contributed by atoms with van der Waals surface area (Å²) in [4.78, 5) is 28.0. The topological polar surface area (TPSA) is 79.3 Å². The predicted octanol–water partition coefficient (Wildman–Crippen LogP) is 3.36. The Morgan fingerprint density at radius 3 is 2.70 bits per heavy atom. The van der Waals surface area contributed by atoms with Gasteiger partial charge in [0.1, 0.15) is 10.2 Å². The second-order valence-electron chi connectivity index (χ2n) is 4.09. The number of carbonyl (C=O) groups is 2. The minimum absolute atomic E-state index is 0.0758. The van der Waals surface area contributed by atoms with E-state index in [1.54, 1.807) is 19.9 Å². The van der Waals surface area contributed by atoms with Gasteiger partial charge in [-0.25, -0.2) is 9.78 Å². The number of thiophene rings is 1. The van der Waals surface area contributed by atoms with Crippen LogP contribution in [0.5, 0.6) is 0 Å². The van der Waals surface area contributed by atoms with Gasteiger partial charge in [0.25, 0.3) is 5.91 Å². The fourth-order valence-corrected chi connectivity index (χ4v) is 2.95. The molecule has 20 heavy (non-hydrogen) atoms. The van der Waals surface area contributed by atoms with E-state index in [1.807, 2.05) is 0 Å². The molecule has 0 aromatic carbocycles. The van der Waals surface area contributed by atoms with E-state index in [0.717, 1.165) is 4.88 Å². The first-order valence-electron chi connectivity index (χ1n) is 5.67. The SMILES string of the molecule is Cc1sc(NC(=O)c2cccnc2Cl)c(C(=O)O)c1C. The number of amides is 1. The number of halogens is 1. The molecule has 2 rings (SSSR count). The lowest BCUT2D eigenvalue weighted by molar-refractivity contribution is 0.0697. The molecule has 104 valence electrons. The number of hydrogen-bond acceptors (Lipinski definition) is 4. The minimum Gasteiger partial charge on any atom is -0.478 e. The number of nitrogens with zero attached hydrogens (tertiary/aromatic N) is 1. The summed E-state index contributed by atoms with van der Waals surface area (Å²) in [6.07, 6.45) is 1.47. The molecule has 2 aromatic heterocycles. The second kappa shape index (κ2) is 5.60. The summed E-state index contributed by atoms with van der Waals surface area (Å²) in [6, 6.07) is 3.11. The normalized spacial score (nSPS) is 10.3. The summed E-state index contributed by atoms with van der Waals surface area (Å²) in [5.74, 6) is -1.55. The molecule has 2 N–H and O–H groups in total. The van der Waals surface area contributed by atoms with Gasteiger partial charge >= 0.3 is 5.97 Å². The van der Waals surface area contributed by atoms with Crippen LogP contribution in [-0.4, -0.2) is 22.0 Å². The van der Waals surface area contributed by atoms with Crippen LogP contribution in [-0.2, 0) is 0 Å². The third kappa shape index (κ3) is 2.66. The van der Waals surface area contributed by atoms with E-state index in [-0.39, 0.29) is 16.3 Å². The molecular formula is C13H11ClN2O3S. The first kappa shape index (κ1) is 14.5. The summed E-state index contributed by atoms with van der Waals surface area (Å²) in [7, 11) is 0. The number of pyridine rings is 1. The highest BCUT2D eigenvalue weighted by molar-refractivity contribution is 7.16. The van der Waals surface area contributed by atoms with Gasteiger partial charge in [-0.3, -0.25) is 4.79 Å². The summed E-state index contributed by atoms with van der Waals surface area (Å²) in [6.45, 7) is 3.52. The average Bonchev–Trinajstić information content (AvgIpc) is 2.65. The van der Waals surface area contributed by atoms with Crippen LogP contribution in [0.4, 0.5) is 5.00 Å². The third-order valence-electron chi connectivity index (χ3n) is 2.83. The van der Waals surface area contributed by atoms with Gasteiger partial charge in [-0.15, -0.1) is 11.3 Å². The molecule has 2 heterocycles. The van der Waals surface area contributed by atoms with Crippen molar-refractivity contribution in [3.05, 3.63) is 45.1 Å². The quantitative estimate of drug-likeness (QED) is 0.852. The third-order valence-corrected chi connectivity index (χ3v) is 4.25. The summed E-state index contributed by atoms with van der Waals surface area (Å²) < 4.78 is 0. The van der Waals surface area contributed by atoms with Crippen molar-refractivity contribution in [3.63, 3.8) is 0 Å². The van der Waals surface area contributed by atoms with Crippen LogP contribution in [0.3, 0.4) is 0 Å². The van der Waals surface area contributed by atoms with Crippen molar-refractivity contribution in [3.8, 4) is 0 Å². The molecule has 0 aliphatic carbocycles. The highest BCUT2D eigenvalue weighted by Gasteiger charge is 2.21. The van der Waals surface area contributed by atoms with Crippen molar-refractivity contribution in [1.29, 1.82) is 0 Å². The monoisotopic (exact) mass is 310 g/mol. The van der Waals surface area contributed by atoms with Gasteiger partial charge in [0, 0.05) is 11.1 Å². The molecule has 0 fully saturated rings. The molecule has 5 nitrogen and oxygen atoms in total. The molecule has 0 unspecified atom stereocenters. The van der Waals surface area contributed by atoms with E-state index >= 15 is 0 Å². The van der Waals surface area contributed by atoms with E-state index in [0.29, 0.717) is 10.6 Å². The van der Waals surface area contributed by atoms with Gasteiger partial charge in [-0.05, 0) is 31.5 Å². The Balaban J connectivity index is 2.36. The fourth-order valence-electron chi connectivity index (χ4n) is 1.70. The van der Waals surface area contributed by atoms with Gasteiger partial charge in [0.15, 0.2) is 0 Å². The Morgan fingerprint density at radius 1 is 1.40 bits per heavy atom. The van der Waals surface area contributed by atoms with Crippen molar-refractivity contribution >= 4 is 39.8 Å². The molecule has 2 aromatic rings. The van der Waals surface area contributed by atoms with Crippen molar-refractivity contribution in [2.24, 2.45) is 0 Å². The molecular weight excluding hydrogens is 300 g/mol. The maximum atomic E-state index is 12.1. The number of anilines is 1. The highest BCUT2D eigenvalue weighted by Crippen LogP contribution is 2.32. The largest absolute Gasteiger partial charge is 0.478 e. The Bertz CT molecular complexity index is 697. The number of aryl methyl sites for hydroxylation is 1. The van der Waals surface area contributed by atoms with Crippen LogP contribution in [0.25, 0.3) is 0 Å². The number of aromatic nitrogens is 1. The first-order valence-corrected chi connectivity index (χ1v) is 6.86. The molecule has 0 aliphatic heterocycles. The molecule has 0 spiro atoms. The van der Waals surface area contributed by atoms with E-state index in [4.69, 9.17) is 11.6 Å². The smallest absolute Gasteiger partial charge is 0.338 e. The zero-order valence-corrected chi connectivity index (χ0v) is 12.3. The Morgan fingerprint density at radius 2 is 2.10 bits per heavy atom. The number of carboxylic acids is 1. The van der Waals surface area contributed by atoms with E-state index in [1.165, 1.54) is 23.6 Å². The molecule has 0 radical (unpaired) electrons. The lowest BCUT2D eigenvalue weighted by Gasteiger charge is -2.05. The van der Waals surface area contributed by atoms with Gasteiger partial charge < -0.3 is 10.4 Å². The Hall–Kier alpha value is -1.92. The number of carbonyl (C=O) groups excluding carboxylic acids is 1. The average molecular weight is 311 g/mol. The zero-order valence-electron chi connectivity index (χ0n) is 10.7. The summed E-state index contributed by atoms with van der Waals surface area (Å²) >= 11 is 7.06. The van der Waals surface area contributed by atoms with Crippen molar-refractivity contribution < 1.29 is 14.7 Å². The maximum Gasteiger partial charge on any atom is 0.338 e. The lowest BCUT2D eigenvalue weighted by atomic mass is 10.1. The van der Waals surface area contributed by atoms with Crippen LogP contribution in [0.1, 0.15) is 31.2 Å². The molecule has 0 saturated carbocycles. The van der Waals surface area contributed by atoms with Gasteiger partial charge in [0.05, 0.1) is 11.1 Å². The van der Waals surface area contributed by atoms with E-state index < -0.39 is 11.9 Å². The molecule has 1 amide bonds. The molecule has 7 heteroatoms. The number of rotatable bonds is 3. The number of hydrogen-bond donors (Lipinski definition) is 2. The number of carboxylic acid groups (broad SMARTS) is 1. The molecule has 0 aliphatic rings. The minimum atomic E-state index is -1.07. The lowest BCUT2D eigenvalue weighted by Crippen LogP contribution is -2.14. The first-order chi connectivity index (χ1) is 9.41. The molecule has 0 bridgehead atoms. The molecule has 0 saturated heterocycles. The Labute approximate surface area is 124 Å². The Kier molecular flexibility index (Phi) is 4.06. The van der Waals surface area contributed by atoms with Gasteiger partial charge in [-0.1, -0.05) is 11.6 Å². The van der Waals surface area contributed by atoms with Crippen LogP contribution in [0, 0.1) is 13.8 Å². The van der Waals surface area contributed by atoms with Crippen molar-refractivity contribution in [2.45, 2.75) is 13.8 Å². The van der Waals surface area contributed by atoms with Gasteiger partial charge in [0.2, 0.25) is 0 Å². The highest BCUT2D eigenvalue weighted by atomic mass is 35.5. The second-order valence-corrected chi connectivity index (χ2v) is 5.67. The number of nitrogens with one attached hydrogen (secondary N) is 1. The fraction of sp³-hybridized carbons (Fsp3) is 0.154. The van der Waals surface area contributed by atoms with E-state index in [9.17, 15) is 14.7 Å². The molecule has 0 atom stereocenters. The summed E-state index contributed by atoms with van der Waals surface area (Å²) in [5, 5.41) is 12.2.